The van der Waals surface area contributed by atoms with E-state index in [9.17, 15) is 0 Å². The third-order valence-corrected chi connectivity index (χ3v) is 4.26. The topological polar surface area (TPSA) is 30.5 Å². The van der Waals surface area contributed by atoms with Gasteiger partial charge in [0.2, 0.25) is 0 Å². The van der Waals surface area contributed by atoms with Crippen LogP contribution in [0.1, 0.15) is 38.3 Å². The summed E-state index contributed by atoms with van der Waals surface area (Å²) in [6.45, 7) is 4.58. The zero-order valence-electron chi connectivity index (χ0n) is 12.1. The Kier molecular flexibility index (Phi) is 5.56. The van der Waals surface area contributed by atoms with Crippen molar-refractivity contribution in [3.8, 4) is 5.75 Å². The van der Waals surface area contributed by atoms with Crippen molar-refractivity contribution >= 4 is 23.2 Å². The van der Waals surface area contributed by atoms with Crippen LogP contribution in [-0.2, 0) is 4.74 Å². The third-order valence-electron chi connectivity index (χ3n) is 3.63. The zero-order valence-corrected chi connectivity index (χ0v) is 13.6. The maximum Gasteiger partial charge on any atom is 0.139 e. The maximum absolute atomic E-state index is 6.39. The Morgan fingerprint density at radius 1 is 1.35 bits per heavy atom. The van der Waals surface area contributed by atoms with E-state index in [2.05, 4.69) is 12.2 Å². The lowest BCUT2D eigenvalue weighted by atomic mass is 9.99. The van der Waals surface area contributed by atoms with Crippen molar-refractivity contribution < 1.29 is 9.47 Å². The first kappa shape index (κ1) is 15.9. The molecule has 3 atom stereocenters. The Morgan fingerprint density at radius 2 is 2.10 bits per heavy atom. The van der Waals surface area contributed by atoms with Crippen molar-refractivity contribution in [3.05, 3.63) is 27.7 Å². The minimum absolute atomic E-state index is 0.0422. The number of nitrogens with one attached hydrogen (secondary N) is 1. The van der Waals surface area contributed by atoms with Crippen LogP contribution < -0.4 is 10.1 Å². The molecule has 2 rings (SSSR count). The second-order valence-electron chi connectivity index (χ2n) is 5.07. The first-order chi connectivity index (χ1) is 9.56. The first-order valence-electron chi connectivity index (χ1n) is 7.01. The summed E-state index contributed by atoms with van der Waals surface area (Å²) >= 11 is 12.7. The monoisotopic (exact) mass is 317 g/mol. The molecule has 1 aliphatic heterocycles. The van der Waals surface area contributed by atoms with Crippen LogP contribution in [-0.4, -0.2) is 25.9 Å². The third kappa shape index (κ3) is 3.40. The molecule has 0 spiro atoms. The van der Waals surface area contributed by atoms with E-state index in [0.29, 0.717) is 28.5 Å². The average molecular weight is 318 g/mol. The normalized spacial score (nSPS) is 23.9. The number of rotatable bonds is 5. The molecule has 0 amide bonds. The van der Waals surface area contributed by atoms with Crippen molar-refractivity contribution in [1.29, 1.82) is 0 Å². The Labute approximate surface area is 130 Å². The molecule has 0 saturated carbocycles. The van der Waals surface area contributed by atoms with E-state index in [1.54, 1.807) is 6.07 Å². The fraction of sp³-hybridized carbons (Fsp3) is 0.600. The van der Waals surface area contributed by atoms with Crippen LogP contribution in [0.3, 0.4) is 0 Å². The van der Waals surface area contributed by atoms with E-state index in [1.165, 1.54) is 0 Å². The van der Waals surface area contributed by atoms with E-state index < -0.39 is 0 Å². The summed E-state index contributed by atoms with van der Waals surface area (Å²) in [5.41, 5.74) is 0.960. The summed E-state index contributed by atoms with van der Waals surface area (Å²) in [4.78, 5) is 0. The van der Waals surface area contributed by atoms with E-state index in [0.717, 1.165) is 18.4 Å². The van der Waals surface area contributed by atoms with E-state index in [-0.39, 0.29) is 12.1 Å². The van der Waals surface area contributed by atoms with E-state index in [1.807, 2.05) is 20.0 Å². The number of likely N-dealkylation sites (N-methyl/N-ethyl adjacent to an activating group) is 1. The molecule has 5 heteroatoms. The molecule has 1 aliphatic rings. The second kappa shape index (κ2) is 6.99. The molecule has 1 fully saturated rings. The van der Waals surface area contributed by atoms with Crippen LogP contribution in [0.4, 0.5) is 0 Å². The van der Waals surface area contributed by atoms with Crippen molar-refractivity contribution in [2.75, 3.05) is 13.7 Å². The molecule has 0 aliphatic carbocycles. The van der Waals surface area contributed by atoms with Gasteiger partial charge in [-0.25, -0.2) is 0 Å². The van der Waals surface area contributed by atoms with Gasteiger partial charge < -0.3 is 14.8 Å². The summed E-state index contributed by atoms with van der Waals surface area (Å²) in [6.07, 6.45) is 2.52. The van der Waals surface area contributed by atoms with Gasteiger partial charge in [0.25, 0.3) is 0 Å². The number of hydrogen-bond donors (Lipinski definition) is 1. The molecule has 1 aromatic rings. The highest BCUT2D eigenvalue weighted by molar-refractivity contribution is 6.34. The van der Waals surface area contributed by atoms with Crippen LogP contribution in [0.5, 0.6) is 5.75 Å². The first-order valence-corrected chi connectivity index (χ1v) is 7.76. The van der Waals surface area contributed by atoms with Gasteiger partial charge in [-0.05, 0) is 45.4 Å². The molecule has 3 nitrogen and oxygen atoms in total. The average Bonchev–Trinajstić information content (AvgIpc) is 2.83. The minimum Gasteiger partial charge on any atom is -0.492 e. The summed E-state index contributed by atoms with van der Waals surface area (Å²) in [5.74, 6) is 0.624. The molecule has 0 radical (unpaired) electrons. The van der Waals surface area contributed by atoms with Gasteiger partial charge in [-0.1, -0.05) is 23.2 Å². The Balaban J connectivity index is 2.28. The van der Waals surface area contributed by atoms with Gasteiger partial charge in [-0.2, -0.15) is 0 Å². The van der Waals surface area contributed by atoms with Crippen LogP contribution in [0, 0.1) is 0 Å². The van der Waals surface area contributed by atoms with Crippen molar-refractivity contribution in [2.45, 2.75) is 44.9 Å². The highest BCUT2D eigenvalue weighted by Crippen LogP contribution is 2.38. The van der Waals surface area contributed by atoms with Crippen LogP contribution >= 0.6 is 23.2 Å². The minimum atomic E-state index is 0.0422. The van der Waals surface area contributed by atoms with Crippen molar-refractivity contribution in [1.82, 2.24) is 5.32 Å². The number of benzene rings is 1. The lowest BCUT2D eigenvalue weighted by Gasteiger charge is -2.25. The van der Waals surface area contributed by atoms with Crippen LogP contribution in [0.15, 0.2) is 12.1 Å². The van der Waals surface area contributed by atoms with Gasteiger partial charge in [-0.15, -0.1) is 0 Å². The van der Waals surface area contributed by atoms with E-state index >= 15 is 0 Å². The van der Waals surface area contributed by atoms with Gasteiger partial charge >= 0.3 is 0 Å². The van der Waals surface area contributed by atoms with Crippen LogP contribution in [0.2, 0.25) is 10.0 Å². The predicted molar refractivity (Wildman–Crippen MR) is 83.0 cm³/mol. The molecule has 20 heavy (non-hydrogen) atoms. The Hall–Kier alpha value is -0.480. The molecule has 1 aromatic carbocycles. The molecule has 0 bridgehead atoms. The fourth-order valence-corrected chi connectivity index (χ4v) is 3.17. The van der Waals surface area contributed by atoms with Gasteiger partial charge in [0.15, 0.2) is 0 Å². The number of hydrogen-bond acceptors (Lipinski definition) is 3. The van der Waals surface area contributed by atoms with Crippen molar-refractivity contribution in [2.24, 2.45) is 0 Å². The Morgan fingerprint density at radius 3 is 2.65 bits per heavy atom. The molecule has 0 aromatic heterocycles. The highest BCUT2D eigenvalue weighted by atomic mass is 35.5. The zero-order chi connectivity index (χ0) is 14.7. The van der Waals surface area contributed by atoms with Gasteiger partial charge in [0, 0.05) is 11.1 Å². The molecule has 1 heterocycles. The quantitative estimate of drug-likeness (QED) is 0.882. The molecular formula is C15H21Cl2NO2. The van der Waals surface area contributed by atoms with Gasteiger partial charge in [0.05, 0.1) is 29.9 Å². The SMILES string of the molecule is CCOc1cc(Cl)c(C(NC)C2CCC(C)O2)cc1Cl. The summed E-state index contributed by atoms with van der Waals surface area (Å²) < 4.78 is 11.4. The standard InChI is InChI=1S/C15H21Cl2NO2/c1-4-19-14-8-11(16)10(7-12(14)17)15(18-3)13-6-5-9(2)20-13/h7-9,13,15,18H,4-6H2,1-3H3. The molecule has 1 N–H and O–H groups in total. The molecular weight excluding hydrogens is 297 g/mol. The fourth-order valence-electron chi connectivity index (χ4n) is 2.67. The van der Waals surface area contributed by atoms with Gasteiger partial charge in [0.1, 0.15) is 5.75 Å². The predicted octanol–water partition coefficient (Wildman–Crippen LogP) is 4.22. The summed E-state index contributed by atoms with van der Waals surface area (Å²) in [6, 6.07) is 3.70. The van der Waals surface area contributed by atoms with E-state index in [4.69, 9.17) is 32.7 Å². The maximum atomic E-state index is 6.39. The molecule has 112 valence electrons. The lowest BCUT2D eigenvalue weighted by Crippen LogP contribution is -2.29. The van der Waals surface area contributed by atoms with Crippen LogP contribution in [0.25, 0.3) is 0 Å². The largest absolute Gasteiger partial charge is 0.492 e. The summed E-state index contributed by atoms with van der Waals surface area (Å²) in [5, 5.41) is 4.53. The summed E-state index contributed by atoms with van der Waals surface area (Å²) in [7, 11) is 1.91. The number of halogens is 2. The number of ether oxygens (including phenoxy) is 2. The lowest BCUT2D eigenvalue weighted by molar-refractivity contribution is 0.0333. The van der Waals surface area contributed by atoms with Gasteiger partial charge in [-0.3, -0.25) is 0 Å². The van der Waals surface area contributed by atoms with Crippen molar-refractivity contribution in [3.63, 3.8) is 0 Å². The smallest absolute Gasteiger partial charge is 0.139 e. The highest BCUT2D eigenvalue weighted by Gasteiger charge is 2.31. The molecule has 3 unspecified atom stereocenters. The molecule has 1 saturated heterocycles. The Bertz CT molecular complexity index is 467. The second-order valence-corrected chi connectivity index (χ2v) is 5.88.